The van der Waals surface area contributed by atoms with E-state index in [2.05, 4.69) is 5.32 Å². The van der Waals surface area contributed by atoms with Gasteiger partial charge in [-0.15, -0.1) is 0 Å². The quantitative estimate of drug-likeness (QED) is 0.707. The van der Waals surface area contributed by atoms with Gasteiger partial charge in [-0.05, 0) is 49.9 Å². The summed E-state index contributed by atoms with van der Waals surface area (Å²) < 4.78 is 24.7. The number of hydrogen-bond acceptors (Lipinski definition) is 5. The van der Waals surface area contributed by atoms with Crippen LogP contribution in [0.3, 0.4) is 0 Å². The van der Waals surface area contributed by atoms with E-state index in [1.807, 2.05) is 19.1 Å². The lowest BCUT2D eigenvalue weighted by molar-refractivity contribution is -0.122. The monoisotopic (exact) mass is 481 g/mol. The molecule has 3 heterocycles. The number of nitrogens with zero attached hydrogens (tertiary/aromatic N) is 2. The summed E-state index contributed by atoms with van der Waals surface area (Å²) in [5.74, 6) is -0.320. The first-order valence-corrected chi connectivity index (χ1v) is 13.2. The molecular weight excluding hydrogens is 454 g/mol. The van der Waals surface area contributed by atoms with Crippen molar-refractivity contribution in [3.8, 4) is 0 Å². The average molecular weight is 482 g/mol. The third-order valence-electron chi connectivity index (χ3n) is 7.17. The zero-order valence-electron chi connectivity index (χ0n) is 19.0. The zero-order chi connectivity index (χ0) is 24.1. The smallest absolute Gasteiger partial charge is 0.257 e. The minimum Gasteiger partial charge on any atom is -0.349 e. The minimum absolute atomic E-state index is 0.00112. The average Bonchev–Trinajstić information content (AvgIpc) is 3.13. The molecule has 3 aliphatic rings. The zero-order valence-corrected chi connectivity index (χ0v) is 19.8. The van der Waals surface area contributed by atoms with Crippen LogP contribution in [0, 0.1) is 0 Å². The van der Waals surface area contributed by atoms with Crippen LogP contribution < -0.4 is 10.2 Å². The lowest BCUT2D eigenvalue weighted by atomic mass is 9.97. The first-order chi connectivity index (χ1) is 16.2. The fourth-order valence-corrected chi connectivity index (χ4v) is 7.07. The Morgan fingerprint density at radius 3 is 2.68 bits per heavy atom. The van der Waals surface area contributed by atoms with Gasteiger partial charge in [-0.2, -0.15) is 0 Å². The van der Waals surface area contributed by atoms with Crippen LogP contribution in [0.25, 0.3) is 0 Å². The summed E-state index contributed by atoms with van der Waals surface area (Å²) in [6.07, 6.45) is 1.89. The number of fused-ring (bicyclic) bond motifs is 4. The Morgan fingerprint density at radius 2 is 1.85 bits per heavy atom. The summed E-state index contributed by atoms with van der Waals surface area (Å²) in [6, 6.07) is 13.6. The van der Waals surface area contributed by atoms with Gasteiger partial charge < -0.3 is 10.2 Å². The SMILES string of the molecule is CC12CCC(=O)N1c1ccccc1C(=O)N2CCCC(=O)NC1CCS(=O)(=O)c2ccccc21. The van der Waals surface area contributed by atoms with Crippen molar-refractivity contribution in [1.82, 2.24) is 10.2 Å². The van der Waals surface area contributed by atoms with Gasteiger partial charge in [0.2, 0.25) is 11.8 Å². The molecule has 0 saturated carbocycles. The Morgan fingerprint density at radius 1 is 1.12 bits per heavy atom. The molecule has 0 spiro atoms. The van der Waals surface area contributed by atoms with E-state index in [1.165, 1.54) is 0 Å². The molecule has 178 valence electrons. The second-order valence-corrected chi connectivity index (χ2v) is 11.4. The van der Waals surface area contributed by atoms with E-state index in [9.17, 15) is 22.8 Å². The fraction of sp³-hybridized carbons (Fsp3) is 0.400. The Labute approximate surface area is 198 Å². The van der Waals surface area contributed by atoms with Crippen LogP contribution in [0.5, 0.6) is 0 Å². The number of nitrogens with one attached hydrogen (secondary N) is 1. The van der Waals surface area contributed by atoms with Crippen molar-refractivity contribution in [3.63, 3.8) is 0 Å². The normalized spacial score (nSPS) is 24.9. The van der Waals surface area contributed by atoms with E-state index in [1.54, 1.807) is 46.2 Å². The number of carbonyl (C=O) groups is 3. The molecule has 0 bridgehead atoms. The molecule has 1 saturated heterocycles. The molecule has 3 aliphatic heterocycles. The molecule has 2 atom stereocenters. The maximum atomic E-state index is 13.3. The maximum absolute atomic E-state index is 13.3. The molecule has 1 N–H and O–H groups in total. The molecule has 1 fully saturated rings. The highest BCUT2D eigenvalue weighted by atomic mass is 32.2. The molecule has 2 aromatic rings. The van der Waals surface area contributed by atoms with Crippen molar-refractivity contribution in [3.05, 3.63) is 59.7 Å². The van der Waals surface area contributed by atoms with Gasteiger partial charge in [0.25, 0.3) is 5.91 Å². The number of benzene rings is 2. The predicted molar refractivity (Wildman–Crippen MR) is 126 cm³/mol. The predicted octanol–water partition coefficient (Wildman–Crippen LogP) is 2.80. The first-order valence-electron chi connectivity index (χ1n) is 11.6. The second-order valence-electron chi connectivity index (χ2n) is 9.29. The van der Waals surface area contributed by atoms with Gasteiger partial charge in [0.05, 0.1) is 27.9 Å². The molecule has 5 rings (SSSR count). The Balaban J connectivity index is 1.27. The van der Waals surface area contributed by atoms with Gasteiger partial charge in [-0.25, -0.2) is 8.42 Å². The summed E-state index contributed by atoms with van der Waals surface area (Å²) in [5, 5.41) is 2.97. The van der Waals surface area contributed by atoms with E-state index in [0.29, 0.717) is 49.0 Å². The van der Waals surface area contributed by atoms with Crippen LogP contribution in [0.1, 0.15) is 61.0 Å². The second kappa shape index (κ2) is 8.23. The number of rotatable bonds is 5. The molecule has 2 unspecified atom stereocenters. The van der Waals surface area contributed by atoms with Crippen molar-refractivity contribution >= 4 is 33.2 Å². The number of anilines is 1. The fourth-order valence-electron chi connectivity index (χ4n) is 5.45. The van der Waals surface area contributed by atoms with E-state index >= 15 is 0 Å². The molecule has 2 aromatic carbocycles. The molecular formula is C25H27N3O5S. The van der Waals surface area contributed by atoms with Crippen LogP contribution in [0.2, 0.25) is 0 Å². The number of hydrogen-bond donors (Lipinski definition) is 1. The van der Waals surface area contributed by atoms with Crippen molar-refractivity contribution in [2.45, 2.75) is 55.6 Å². The van der Waals surface area contributed by atoms with Crippen LogP contribution in [-0.4, -0.2) is 49.0 Å². The van der Waals surface area contributed by atoms with E-state index in [-0.39, 0.29) is 40.8 Å². The van der Waals surface area contributed by atoms with Crippen LogP contribution in [0.15, 0.2) is 53.4 Å². The lowest BCUT2D eigenvalue weighted by Gasteiger charge is -2.48. The molecule has 0 aromatic heterocycles. The highest BCUT2D eigenvalue weighted by Crippen LogP contribution is 2.44. The van der Waals surface area contributed by atoms with Crippen LogP contribution in [0.4, 0.5) is 5.69 Å². The highest BCUT2D eigenvalue weighted by molar-refractivity contribution is 7.91. The number of amides is 3. The third kappa shape index (κ3) is 3.58. The van der Waals surface area contributed by atoms with E-state index in [4.69, 9.17) is 0 Å². The van der Waals surface area contributed by atoms with Crippen molar-refractivity contribution in [1.29, 1.82) is 0 Å². The summed E-state index contributed by atoms with van der Waals surface area (Å²) in [7, 11) is -3.32. The summed E-state index contributed by atoms with van der Waals surface area (Å²) in [6.45, 7) is 2.25. The largest absolute Gasteiger partial charge is 0.349 e. The van der Waals surface area contributed by atoms with Crippen LogP contribution in [-0.2, 0) is 19.4 Å². The van der Waals surface area contributed by atoms with Gasteiger partial charge in [0.15, 0.2) is 9.84 Å². The highest BCUT2D eigenvalue weighted by Gasteiger charge is 2.52. The Bertz CT molecular complexity index is 1290. The van der Waals surface area contributed by atoms with Crippen LogP contribution >= 0.6 is 0 Å². The van der Waals surface area contributed by atoms with Gasteiger partial charge in [-0.1, -0.05) is 30.3 Å². The minimum atomic E-state index is -3.32. The molecule has 0 radical (unpaired) electrons. The number of sulfone groups is 1. The van der Waals surface area contributed by atoms with E-state index in [0.717, 1.165) is 0 Å². The van der Waals surface area contributed by atoms with Crippen molar-refractivity contribution < 1.29 is 22.8 Å². The maximum Gasteiger partial charge on any atom is 0.257 e. The van der Waals surface area contributed by atoms with Crippen molar-refractivity contribution in [2.24, 2.45) is 0 Å². The first kappa shape index (κ1) is 22.6. The van der Waals surface area contributed by atoms with Crippen molar-refractivity contribution in [2.75, 3.05) is 17.2 Å². The third-order valence-corrected chi connectivity index (χ3v) is 8.99. The van der Waals surface area contributed by atoms with Gasteiger partial charge in [-0.3, -0.25) is 19.3 Å². The molecule has 3 amide bonds. The molecule has 0 aliphatic carbocycles. The van der Waals surface area contributed by atoms with Gasteiger partial charge in [0.1, 0.15) is 5.66 Å². The van der Waals surface area contributed by atoms with E-state index < -0.39 is 15.5 Å². The topological polar surface area (TPSA) is 104 Å². The molecule has 8 nitrogen and oxygen atoms in total. The summed E-state index contributed by atoms with van der Waals surface area (Å²) >= 11 is 0. The summed E-state index contributed by atoms with van der Waals surface area (Å²) in [4.78, 5) is 42.4. The standard InChI is InChI=1S/C25H27N3O5S/c1-25-14-12-23(30)28(25)20-9-4-2-8-18(20)24(31)27(25)15-6-11-22(29)26-19-13-16-34(32,33)21-10-5-3-7-17(19)21/h2-5,7-10,19H,6,11-16H2,1H3,(H,26,29). The molecule has 9 heteroatoms. The molecule has 34 heavy (non-hydrogen) atoms. The Hall–Kier alpha value is -3.20. The number of para-hydroxylation sites is 1. The Kier molecular flexibility index (Phi) is 5.47. The van der Waals surface area contributed by atoms with Gasteiger partial charge in [0, 0.05) is 19.4 Å². The van der Waals surface area contributed by atoms with Gasteiger partial charge >= 0.3 is 0 Å². The lowest BCUT2D eigenvalue weighted by Crippen LogP contribution is -2.62. The number of carbonyl (C=O) groups excluding carboxylic acids is 3. The summed E-state index contributed by atoms with van der Waals surface area (Å²) in [5.41, 5.74) is 1.03.